The van der Waals surface area contributed by atoms with Gasteiger partial charge in [0.15, 0.2) is 0 Å². The molecule has 3 heteroatoms. The molecule has 0 N–H and O–H groups in total. The van der Waals surface area contributed by atoms with Crippen LogP contribution >= 0.6 is 15.9 Å². The third-order valence-electron chi connectivity index (χ3n) is 3.42. The monoisotopic (exact) mass is 326 g/mol. The Kier molecular flexibility index (Phi) is 3.45. The molecule has 20 heavy (non-hydrogen) atoms. The van der Waals surface area contributed by atoms with Gasteiger partial charge < -0.3 is 0 Å². The van der Waals surface area contributed by atoms with Crippen molar-refractivity contribution < 1.29 is 0 Å². The van der Waals surface area contributed by atoms with Crippen molar-refractivity contribution in [2.24, 2.45) is 0 Å². The lowest BCUT2D eigenvalue weighted by molar-refractivity contribution is 0.876. The summed E-state index contributed by atoms with van der Waals surface area (Å²) in [7, 11) is 0. The SMILES string of the molecule is Cc1cccc(C)c1-c1cc(Br)nn1-c1ccccc1. The van der Waals surface area contributed by atoms with Crippen molar-refractivity contribution in [1.29, 1.82) is 0 Å². The summed E-state index contributed by atoms with van der Waals surface area (Å²) in [6, 6.07) is 18.6. The van der Waals surface area contributed by atoms with Crippen molar-refractivity contribution in [3.8, 4) is 16.9 Å². The second kappa shape index (κ2) is 5.25. The summed E-state index contributed by atoms with van der Waals surface area (Å²) in [5.41, 5.74) is 5.94. The van der Waals surface area contributed by atoms with Crippen LogP contribution in [-0.4, -0.2) is 9.78 Å². The minimum Gasteiger partial charge on any atom is -0.232 e. The van der Waals surface area contributed by atoms with Crippen LogP contribution in [0.25, 0.3) is 16.9 Å². The summed E-state index contributed by atoms with van der Waals surface area (Å²) in [6.07, 6.45) is 0. The van der Waals surface area contributed by atoms with E-state index in [1.807, 2.05) is 22.9 Å². The Labute approximate surface area is 127 Å². The topological polar surface area (TPSA) is 17.8 Å². The summed E-state index contributed by atoms with van der Waals surface area (Å²) in [5.74, 6) is 0. The first-order valence-corrected chi connectivity index (χ1v) is 7.33. The molecular weight excluding hydrogens is 312 g/mol. The highest BCUT2D eigenvalue weighted by atomic mass is 79.9. The molecule has 0 unspecified atom stereocenters. The van der Waals surface area contributed by atoms with E-state index in [4.69, 9.17) is 0 Å². The fourth-order valence-corrected chi connectivity index (χ4v) is 2.89. The number of rotatable bonds is 2. The maximum Gasteiger partial charge on any atom is 0.129 e. The van der Waals surface area contributed by atoms with E-state index in [1.54, 1.807) is 0 Å². The van der Waals surface area contributed by atoms with Crippen LogP contribution < -0.4 is 0 Å². The fraction of sp³-hybridized carbons (Fsp3) is 0.118. The van der Waals surface area contributed by atoms with Gasteiger partial charge in [0.25, 0.3) is 0 Å². The quantitative estimate of drug-likeness (QED) is 0.653. The number of aromatic nitrogens is 2. The zero-order valence-electron chi connectivity index (χ0n) is 11.5. The largest absolute Gasteiger partial charge is 0.232 e. The van der Waals surface area contributed by atoms with Gasteiger partial charge in [0, 0.05) is 5.56 Å². The Morgan fingerprint density at radius 1 is 0.900 bits per heavy atom. The molecule has 0 aliphatic carbocycles. The molecule has 2 aromatic carbocycles. The third-order valence-corrected chi connectivity index (χ3v) is 3.81. The molecule has 0 aliphatic heterocycles. The molecule has 0 saturated heterocycles. The number of halogens is 1. The number of benzene rings is 2. The number of para-hydroxylation sites is 1. The first kappa shape index (κ1) is 13.1. The van der Waals surface area contributed by atoms with E-state index >= 15 is 0 Å². The van der Waals surface area contributed by atoms with Crippen LogP contribution in [0.4, 0.5) is 0 Å². The Balaban J connectivity index is 2.26. The zero-order valence-corrected chi connectivity index (χ0v) is 13.1. The predicted molar refractivity (Wildman–Crippen MR) is 86.2 cm³/mol. The standard InChI is InChI=1S/C17H15BrN2/c1-12-7-6-8-13(2)17(12)15-11-16(18)19-20(15)14-9-4-3-5-10-14/h3-11H,1-2H3. The van der Waals surface area contributed by atoms with Gasteiger partial charge in [0.05, 0.1) is 11.4 Å². The van der Waals surface area contributed by atoms with Crippen LogP contribution in [0.5, 0.6) is 0 Å². The summed E-state index contributed by atoms with van der Waals surface area (Å²) < 4.78 is 2.83. The first-order valence-electron chi connectivity index (χ1n) is 6.54. The molecule has 100 valence electrons. The predicted octanol–water partition coefficient (Wildman–Crippen LogP) is 4.92. The van der Waals surface area contributed by atoms with Gasteiger partial charge >= 0.3 is 0 Å². The van der Waals surface area contributed by atoms with Gasteiger partial charge in [-0.25, -0.2) is 4.68 Å². The van der Waals surface area contributed by atoms with Crippen molar-refractivity contribution in [3.63, 3.8) is 0 Å². The normalized spacial score (nSPS) is 10.8. The Morgan fingerprint density at radius 3 is 2.20 bits per heavy atom. The number of nitrogens with zero attached hydrogens (tertiary/aromatic N) is 2. The second-order valence-electron chi connectivity index (χ2n) is 4.87. The van der Waals surface area contributed by atoms with Crippen LogP contribution in [-0.2, 0) is 0 Å². The molecule has 0 aliphatic rings. The van der Waals surface area contributed by atoms with Crippen molar-refractivity contribution in [1.82, 2.24) is 9.78 Å². The molecule has 1 heterocycles. The van der Waals surface area contributed by atoms with Crippen molar-refractivity contribution in [2.75, 3.05) is 0 Å². The molecule has 1 aromatic heterocycles. The highest BCUT2D eigenvalue weighted by Crippen LogP contribution is 2.31. The molecule has 0 atom stereocenters. The van der Waals surface area contributed by atoms with Crippen molar-refractivity contribution in [3.05, 3.63) is 70.3 Å². The maximum absolute atomic E-state index is 4.57. The van der Waals surface area contributed by atoms with Gasteiger partial charge in [0.1, 0.15) is 4.60 Å². The zero-order chi connectivity index (χ0) is 14.1. The molecule has 0 amide bonds. The molecule has 0 fully saturated rings. The van der Waals surface area contributed by atoms with Crippen LogP contribution in [0.2, 0.25) is 0 Å². The van der Waals surface area contributed by atoms with Gasteiger partial charge in [-0.05, 0) is 59.1 Å². The Bertz CT molecular complexity index is 725. The molecular formula is C17H15BrN2. The number of aryl methyl sites for hydroxylation is 2. The van der Waals surface area contributed by atoms with E-state index in [9.17, 15) is 0 Å². The fourth-order valence-electron chi connectivity index (χ4n) is 2.51. The van der Waals surface area contributed by atoms with E-state index < -0.39 is 0 Å². The second-order valence-corrected chi connectivity index (χ2v) is 5.68. The summed E-state index contributed by atoms with van der Waals surface area (Å²) >= 11 is 3.49. The number of hydrogen-bond acceptors (Lipinski definition) is 1. The van der Waals surface area contributed by atoms with E-state index in [1.165, 1.54) is 16.7 Å². The highest BCUT2D eigenvalue weighted by Gasteiger charge is 2.14. The molecule has 0 radical (unpaired) electrons. The van der Waals surface area contributed by atoms with Crippen molar-refractivity contribution >= 4 is 15.9 Å². The molecule has 3 rings (SSSR count). The van der Waals surface area contributed by atoms with Gasteiger partial charge in [-0.1, -0.05) is 36.4 Å². The van der Waals surface area contributed by atoms with E-state index in [-0.39, 0.29) is 0 Å². The summed E-state index contributed by atoms with van der Waals surface area (Å²) in [6.45, 7) is 4.27. The lowest BCUT2D eigenvalue weighted by atomic mass is 10.00. The summed E-state index contributed by atoms with van der Waals surface area (Å²) in [4.78, 5) is 0. The van der Waals surface area contributed by atoms with Crippen molar-refractivity contribution in [2.45, 2.75) is 13.8 Å². The van der Waals surface area contributed by atoms with Crippen LogP contribution in [0, 0.1) is 13.8 Å². The highest BCUT2D eigenvalue weighted by molar-refractivity contribution is 9.10. The lowest BCUT2D eigenvalue weighted by Gasteiger charge is -2.12. The average molecular weight is 327 g/mol. The van der Waals surface area contributed by atoms with E-state index in [0.29, 0.717) is 0 Å². The van der Waals surface area contributed by atoms with Crippen LogP contribution in [0.15, 0.2) is 59.2 Å². The van der Waals surface area contributed by atoms with E-state index in [2.05, 4.69) is 71.3 Å². The van der Waals surface area contributed by atoms with Gasteiger partial charge in [-0.2, -0.15) is 5.10 Å². The van der Waals surface area contributed by atoms with Gasteiger partial charge in [-0.15, -0.1) is 0 Å². The molecule has 0 saturated carbocycles. The number of hydrogen-bond donors (Lipinski definition) is 0. The summed E-state index contributed by atoms with van der Waals surface area (Å²) in [5, 5.41) is 4.57. The first-order chi connectivity index (χ1) is 9.66. The van der Waals surface area contributed by atoms with Gasteiger partial charge in [0.2, 0.25) is 0 Å². The van der Waals surface area contributed by atoms with Gasteiger partial charge in [-0.3, -0.25) is 0 Å². The lowest BCUT2D eigenvalue weighted by Crippen LogP contribution is -2.00. The van der Waals surface area contributed by atoms with Crippen LogP contribution in [0.1, 0.15) is 11.1 Å². The molecule has 0 spiro atoms. The third kappa shape index (κ3) is 2.29. The maximum atomic E-state index is 4.57. The molecule has 3 aromatic rings. The minimum absolute atomic E-state index is 0.846. The Hall–Kier alpha value is -1.87. The molecule has 2 nitrogen and oxygen atoms in total. The molecule has 0 bridgehead atoms. The van der Waals surface area contributed by atoms with Crippen LogP contribution in [0.3, 0.4) is 0 Å². The average Bonchev–Trinajstić information content (AvgIpc) is 2.81. The minimum atomic E-state index is 0.846. The smallest absolute Gasteiger partial charge is 0.129 e. The Morgan fingerprint density at radius 2 is 1.55 bits per heavy atom. The van der Waals surface area contributed by atoms with E-state index in [0.717, 1.165) is 16.0 Å².